The van der Waals surface area contributed by atoms with Gasteiger partial charge in [0, 0.05) is 0 Å². The summed E-state index contributed by atoms with van der Waals surface area (Å²) < 4.78 is 0. The minimum Gasteiger partial charge on any atom is -0.907 e. The first kappa shape index (κ1) is 36.0. The van der Waals surface area contributed by atoms with Gasteiger partial charge in [0.05, 0.1) is 0 Å². The molecular formula is AlB3CrLuO9. The zero-order valence-electron chi connectivity index (χ0n) is 6.65. The third-order valence-electron chi connectivity index (χ3n) is 0. The number of hydrogen-bond donors (Lipinski definition) is 0. The second-order valence-corrected chi connectivity index (χ2v) is 0.866. The molecule has 15 heteroatoms. The molecule has 0 heterocycles. The van der Waals surface area contributed by atoms with Crippen LogP contribution in [0.15, 0.2) is 0 Å². The third kappa shape index (κ3) is 708. The Kier molecular flexibility index (Phi) is 71.5. The van der Waals surface area contributed by atoms with Gasteiger partial charge in [-0.1, -0.05) is 0 Å². The summed E-state index contributed by atoms with van der Waals surface area (Å²) in [6, 6.07) is 0. The zero-order valence-corrected chi connectivity index (χ0v) is 10.7. The van der Waals surface area contributed by atoms with Crippen LogP contribution >= 0.6 is 0 Å². The monoisotopic (exact) mass is 431 g/mol. The zero-order chi connectivity index (χ0) is 10.7. The maximum absolute atomic E-state index is 8.42. The molecule has 9 nitrogen and oxygen atoms in total. The first-order valence-electron chi connectivity index (χ1n) is 2.12. The van der Waals surface area contributed by atoms with Crippen LogP contribution in [-0.4, -0.2) is 39.3 Å². The van der Waals surface area contributed by atoms with Crippen molar-refractivity contribution in [3.63, 3.8) is 0 Å². The Balaban J connectivity index is -0.0000000184. The van der Waals surface area contributed by atoms with Gasteiger partial charge in [-0.3, -0.25) is 22.0 Å². The summed E-state index contributed by atoms with van der Waals surface area (Å²) in [6.07, 6.45) is 0. The summed E-state index contributed by atoms with van der Waals surface area (Å²) in [7, 11) is -8.75. The Morgan fingerprint density at radius 1 is 0.467 bits per heavy atom. The first-order chi connectivity index (χ1) is 5.20. The second-order valence-electron chi connectivity index (χ2n) is 0.866. The van der Waals surface area contributed by atoms with Crippen molar-refractivity contribution in [1.29, 1.82) is 0 Å². The molecule has 0 spiro atoms. The van der Waals surface area contributed by atoms with E-state index >= 15 is 0 Å². The van der Waals surface area contributed by atoms with Crippen molar-refractivity contribution in [2.24, 2.45) is 0 Å². The maximum atomic E-state index is 8.42. The molecule has 0 bridgehead atoms. The van der Waals surface area contributed by atoms with Gasteiger partial charge in [0.1, 0.15) is 0 Å². The Morgan fingerprint density at radius 3 is 0.467 bits per heavy atom. The van der Waals surface area contributed by atoms with Crippen molar-refractivity contribution in [3.05, 3.63) is 0 Å². The first-order valence-corrected chi connectivity index (χ1v) is 2.12. The molecular weight excluding hydrogens is 430 g/mol. The predicted molar refractivity (Wildman–Crippen MR) is 23.0 cm³/mol. The van der Waals surface area contributed by atoms with E-state index in [1.165, 1.54) is 0 Å². The minimum absolute atomic E-state index is 0. The average molecular weight is 430 g/mol. The van der Waals surface area contributed by atoms with Crippen LogP contribution < -0.4 is 45.2 Å². The van der Waals surface area contributed by atoms with Crippen LogP contribution in [-0.2, 0) is 17.4 Å². The van der Waals surface area contributed by atoms with Crippen molar-refractivity contribution in [2.75, 3.05) is 0 Å². The molecule has 0 saturated heterocycles. The number of rotatable bonds is 0. The van der Waals surface area contributed by atoms with Gasteiger partial charge in [0.15, 0.2) is 0 Å². The van der Waals surface area contributed by atoms with Gasteiger partial charge in [-0.15, -0.1) is 0 Å². The average Bonchev–Trinajstić information content (AvgIpc) is 1.54. The van der Waals surface area contributed by atoms with Gasteiger partial charge in [0.2, 0.25) is 0 Å². The van der Waals surface area contributed by atoms with E-state index in [1.54, 1.807) is 0 Å². The second kappa shape index (κ2) is 29.8. The molecule has 0 aromatic carbocycles. The van der Waals surface area contributed by atoms with Gasteiger partial charge in [-0.25, -0.2) is 0 Å². The van der Waals surface area contributed by atoms with Gasteiger partial charge < -0.3 is 45.2 Å². The minimum atomic E-state index is -2.92. The summed E-state index contributed by atoms with van der Waals surface area (Å²) >= 11 is 0. The summed E-state index contributed by atoms with van der Waals surface area (Å²) in [5, 5.41) is 75.8. The number of hydrogen-bond acceptors (Lipinski definition) is 9. The van der Waals surface area contributed by atoms with E-state index in [4.69, 9.17) is 45.2 Å². The van der Waals surface area contributed by atoms with E-state index in [-0.39, 0.29) is 71.6 Å². The van der Waals surface area contributed by atoms with Crippen molar-refractivity contribution in [1.82, 2.24) is 0 Å². The van der Waals surface area contributed by atoms with E-state index in [9.17, 15) is 0 Å². The van der Waals surface area contributed by atoms with E-state index in [2.05, 4.69) is 0 Å². The molecule has 0 aromatic heterocycles. The molecule has 15 heavy (non-hydrogen) atoms. The fourth-order valence-electron chi connectivity index (χ4n) is 0. The van der Waals surface area contributed by atoms with Crippen LogP contribution in [0.5, 0.6) is 0 Å². The molecule has 0 saturated carbocycles. The van der Waals surface area contributed by atoms with E-state index < -0.39 is 22.0 Å². The molecule has 0 atom stereocenters. The molecule has 0 amide bonds. The predicted octanol–water partition coefficient (Wildman–Crippen LogP) is -12.2. The van der Waals surface area contributed by atoms with Gasteiger partial charge in [-0.2, -0.15) is 0 Å². The Labute approximate surface area is 137 Å². The normalized spacial score (nSPS) is 5.40. The molecule has 0 fully saturated rings. The summed E-state index contributed by atoms with van der Waals surface area (Å²) in [6.45, 7) is 0. The van der Waals surface area contributed by atoms with Crippen LogP contribution in [0.1, 0.15) is 0 Å². The summed E-state index contributed by atoms with van der Waals surface area (Å²) in [5.74, 6) is 0. The van der Waals surface area contributed by atoms with E-state index in [1.807, 2.05) is 0 Å². The van der Waals surface area contributed by atoms with Gasteiger partial charge >= 0.3 is 71.6 Å². The molecule has 0 aliphatic heterocycles. The van der Waals surface area contributed by atoms with Crippen molar-refractivity contribution in [3.8, 4) is 0 Å². The fraction of sp³-hybridized carbons (Fsp3) is 0. The molecule has 0 unspecified atom stereocenters. The summed E-state index contributed by atoms with van der Waals surface area (Å²) in [4.78, 5) is 0. The Bertz CT molecular complexity index is 53.8. The van der Waals surface area contributed by atoms with Crippen molar-refractivity contribution >= 4 is 39.3 Å². The van der Waals surface area contributed by atoms with E-state index in [0.29, 0.717) is 0 Å². The fourth-order valence-corrected chi connectivity index (χ4v) is 0. The standard InChI is InChI=1S/Al.3BO3.Cr.Lu/c;3*2-1(3)4;;/q+3;3*-3;2*+3. The molecule has 1 radical (unpaired) electrons. The van der Waals surface area contributed by atoms with Crippen LogP contribution in [0.2, 0.25) is 0 Å². The van der Waals surface area contributed by atoms with Crippen molar-refractivity contribution in [2.45, 2.75) is 0 Å². The van der Waals surface area contributed by atoms with E-state index in [0.717, 1.165) is 0 Å². The Hall–Kier alpha value is 2.13. The van der Waals surface area contributed by atoms with Gasteiger partial charge in [0.25, 0.3) is 0 Å². The third-order valence-corrected chi connectivity index (χ3v) is 0. The topological polar surface area (TPSA) is 208 Å². The van der Waals surface area contributed by atoms with Crippen LogP contribution in [0.25, 0.3) is 0 Å². The maximum Gasteiger partial charge on any atom is 3.00 e. The summed E-state index contributed by atoms with van der Waals surface area (Å²) in [5.41, 5.74) is 0. The molecule has 0 rings (SSSR count). The molecule has 0 aliphatic rings. The van der Waals surface area contributed by atoms with Crippen LogP contribution in [0.3, 0.4) is 0 Å². The molecule has 0 aromatic rings. The largest absolute Gasteiger partial charge is 3.00 e. The quantitative estimate of drug-likeness (QED) is 0.334. The van der Waals surface area contributed by atoms with Crippen molar-refractivity contribution < 1.29 is 99.5 Å². The smallest absolute Gasteiger partial charge is 0.907 e. The Morgan fingerprint density at radius 2 is 0.467 bits per heavy atom. The van der Waals surface area contributed by atoms with Crippen LogP contribution in [0, 0.1) is 36.9 Å². The molecule has 0 aliphatic carbocycles. The molecule has 0 N–H and O–H groups in total. The SMILES string of the molecule is [Al+3].[Cr+3].[Lu+3].[O-]B([O-])[O-].[O-]B([O-])[O-].[O-]B([O-])[O-]. The van der Waals surface area contributed by atoms with Crippen LogP contribution in [0.4, 0.5) is 0 Å². The molecule has 87 valence electrons. The van der Waals surface area contributed by atoms with Gasteiger partial charge in [-0.05, 0) is 0 Å².